The van der Waals surface area contributed by atoms with Gasteiger partial charge in [0.1, 0.15) is 5.82 Å². The van der Waals surface area contributed by atoms with Crippen LogP contribution in [0, 0.1) is 5.82 Å². The highest BCUT2D eigenvalue weighted by Crippen LogP contribution is 2.24. The summed E-state index contributed by atoms with van der Waals surface area (Å²) in [7, 11) is 0. The first-order chi connectivity index (χ1) is 12.7. The number of allylic oxidation sites excluding steroid dienone is 1. The van der Waals surface area contributed by atoms with E-state index in [2.05, 4.69) is 22.1 Å². The van der Waals surface area contributed by atoms with Gasteiger partial charge in [-0.15, -0.1) is 16.8 Å². The fourth-order valence-electron chi connectivity index (χ4n) is 2.72. The van der Waals surface area contributed by atoms with Crippen molar-refractivity contribution in [1.29, 1.82) is 0 Å². The van der Waals surface area contributed by atoms with Gasteiger partial charge in [-0.05, 0) is 37.1 Å². The highest BCUT2D eigenvalue weighted by Gasteiger charge is 2.18. The molecule has 3 rings (SSSR count). The van der Waals surface area contributed by atoms with Crippen LogP contribution in [0.5, 0.6) is 0 Å². The molecule has 138 valence electrons. The van der Waals surface area contributed by atoms with Gasteiger partial charge in [0.25, 0.3) is 0 Å². The van der Waals surface area contributed by atoms with Gasteiger partial charge in [-0.25, -0.2) is 4.39 Å². The number of rotatable bonds is 8. The third kappa shape index (κ3) is 4.70. The number of hydrogen-bond donors (Lipinski definition) is 1. The molecule has 6 nitrogen and oxygen atoms in total. The van der Waals surface area contributed by atoms with Crippen LogP contribution in [0.3, 0.4) is 0 Å². The zero-order valence-corrected chi connectivity index (χ0v) is 15.2. The number of nitrogens with zero attached hydrogens (tertiary/aromatic N) is 3. The number of amides is 1. The van der Waals surface area contributed by atoms with Crippen molar-refractivity contribution < 1.29 is 13.9 Å². The van der Waals surface area contributed by atoms with Crippen molar-refractivity contribution >= 4 is 17.7 Å². The lowest BCUT2D eigenvalue weighted by Gasteiger charge is -2.11. The molecule has 1 atom stereocenters. The number of carbonyl (C=O) groups excluding carboxylic acids is 1. The molecule has 1 aromatic carbocycles. The van der Waals surface area contributed by atoms with Crippen LogP contribution in [0.15, 0.2) is 42.1 Å². The number of halogens is 1. The van der Waals surface area contributed by atoms with E-state index in [9.17, 15) is 9.18 Å². The number of aromatic nitrogens is 3. The fourth-order valence-corrected chi connectivity index (χ4v) is 3.49. The van der Waals surface area contributed by atoms with Crippen LogP contribution in [0.4, 0.5) is 4.39 Å². The Morgan fingerprint density at radius 3 is 2.92 bits per heavy atom. The highest BCUT2D eigenvalue weighted by atomic mass is 32.2. The van der Waals surface area contributed by atoms with Crippen LogP contribution >= 0.6 is 11.8 Å². The standard InChI is InChI=1S/C18H21FN4O2S/c1-2-9-23-17(13-5-7-14(19)8-6-13)21-22-18(23)26-12-16(24)20-11-15-4-3-10-25-15/h2,5-8,15H,1,3-4,9-12H2,(H,20,24)/t15-/m1/s1. The molecule has 8 heteroatoms. The van der Waals surface area contributed by atoms with E-state index < -0.39 is 0 Å². The van der Waals surface area contributed by atoms with E-state index in [1.54, 1.807) is 18.2 Å². The van der Waals surface area contributed by atoms with E-state index in [1.165, 1.54) is 23.9 Å². The lowest BCUT2D eigenvalue weighted by Crippen LogP contribution is -2.32. The smallest absolute Gasteiger partial charge is 0.230 e. The van der Waals surface area contributed by atoms with Crippen LogP contribution < -0.4 is 5.32 Å². The largest absolute Gasteiger partial charge is 0.376 e. The summed E-state index contributed by atoms with van der Waals surface area (Å²) < 4.78 is 20.5. The Bertz CT molecular complexity index is 757. The fraction of sp³-hybridized carbons (Fsp3) is 0.389. The molecule has 0 unspecified atom stereocenters. The number of hydrogen-bond acceptors (Lipinski definition) is 5. The highest BCUT2D eigenvalue weighted by molar-refractivity contribution is 7.99. The first kappa shape index (κ1) is 18.6. The van der Waals surface area contributed by atoms with Gasteiger partial charge in [0.15, 0.2) is 11.0 Å². The number of nitrogens with one attached hydrogen (secondary N) is 1. The van der Waals surface area contributed by atoms with Crippen LogP contribution in [0.25, 0.3) is 11.4 Å². The molecule has 0 spiro atoms. The molecule has 1 aliphatic heterocycles. The quantitative estimate of drug-likeness (QED) is 0.567. The summed E-state index contributed by atoms with van der Waals surface area (Å²) in [4.78, 5) is 12.0. The maximum absolute atomic E-state index is 13.1. The number of benzene rings is 1. The van der Waals surface area contributed by atoms with Crippen molar-refractivity contribution in [3.63, 3.8) is 0 Å². The molecular weight excluding hydrogens is 355 g/mol. The summed E-state index contributed by atoms with van der Waals surface area (Å²) in [6.07, 6.45) is 3.89. The third-order valence-electron chi connectivity index (χ3n) is 4.01. The van der Waals surface area contributed by atoms with E-state index >= 15 is 0 Å². The van der Waals surface area contributed by atoms with Crippen molar-refractivity contribution in [1.82, 2.24) is 20.1 Å². The predicted octanol–water partition coefficient (Wildman–Crippen LogP) is 2.66. The van der Waals surface area contributed by atoms with E-state index in [0.29, 0.717) is 24.1 Å². The van der Waals surface area contributed by atoms with Gasteiger partial charge in [0.05, 0.1) is 11.9 Å². The van der Waals surface area contributed by atoms with Gasteiger partial charge in [-0.1, -0.05) is 17.8 Å². The van der Waals surface area contributed by atoms with Gasteiger partial charge in [0.2, 0.25) is 5.91 Å². The van der Waals surface area contributed by atoms with Gasteiger partial charge in [0, 0.05) is 25.3 Å². The lowest BCUT2D eigenvalue weighted by atomic mass is 10.2. The summed E-state index contributed by atoms with van der Waals surface area (Å²) in [5.74, 6) is 0.487. The van der Waals surface area contributed by atoms with Crippen molar-refractivity contribution in [3.8, 4) is 11.4 Å². The molecule has 2 heterocycles. The Labute approximate surface area is 155 Å². The molecule has 1 fully saturated rings. The molecule has 1 amide bonds. The molecule has 0 aliphatic carbocycles. The predicted molar refractivity (Wildman–Crippen MR) is 98.3 cm³/mol. The molecule has 1 N–H and O–H groups in total. The van der Waals surface area contributed by atoms with Gasteiger partial charge in [-0.3, -0.25) is 9.36 Å². The Balaban J connectivity index is 1.62. The van der Waals surface area contributed by atoms with Gasteiger partial charge >= 0.3 is 0 Å². The second kappa shape index (κ2) is 8.95. The minimum Gasteiger partial charge on any atom is -0.376 e. The Morgan fingerprint density at radius 2 is 2.23 bits per heavy atom. The minimum atomic E-state index is -0.305. The topological polar surface area (TPSA) is 69.0 Å². The second-order valence-corrected chi connectivity index (χ2v) is 6.88. The number of thioether (sulfide) groups is 1. The van der Waals surface area contributed by atoms with E-state index in [0.717, 1.165) is 25.0 Å². The van der Waals surface area contributed by atoms with E-state index in [4.69, 9.17) is 4.74 Å². The van der Waals surface area contributed by atoms with E-state index in [1.807, 2.05) is 4.57 Å². The SMILES string of the molecule is C=CCn1c(SCC(=O)NC[C@H]2CCCO2)nnc1-c1ccc(F)cc1. The Kier molecular flexibility index (Phi) is 6.40. The number of ether oxygens (including phenoxy) is 1. The summed E-state index contributed by atoms with van der Waals surface area (Å²) in [6, 6.07) is 6.07. The molecule has 1 saturated heterocycles. The molecular formula is C18H21FN4O2S. The summed E-state index contributed by atoms with van der Waals surface area (Å²) >= 11 is 1.31. The van der Waals surface area contributed by atoms with Crippen LogP contribution in [-0.2, 0) is 16.1 Å². The van der Waals surface area contributed by atoms with Crippen LogP contribution in [0.1, 0.15) is 12.8 Å². The molecule has 0 radical (unpaired) electrons. The minimum absolute atomic E-state index is 0.0676. The Hall–Kier alpha value is -2.19. The van der Waals surface area contributed by atoms with Crippen molar-refractivity contribution in [2.75, 3.05) is 18.9 Å². The van der Waals surface area contributed by atoms with Crippen LogP contribution in [0.2, 0.25) is 0 Å². The van der Waals surface area contributed by atoms with Crippen molar-refractivity contribution in [2.45, 2.75) is 30.6 Å². The molecule has 26 heavy (non-hydrogen) atoms. The summed E-state index contributed by atoms with van der Waals surface area (Å²) in [5.41, 5.74) is 0.760. The molecule has 2 aromatic rings. The van der Waals surface area contributed by atoms with Crippen molar-refractivity contribution in [3.05, 3.63) is 42.7 Å². The summed E-state index contributed by atoms with van der Waals surface area (Å²) in [6.45, 7) is 5.57. The average Bonchev–Trinajstić information content (AvgIpc) is 3.29. The molecule has 0 saturated carbocycles. The maximum atomic E-state index is 13.1. The Morgan fingerprint density at radius 1 is 1.42 bits per heavy atom. The maximum Gasteiger partial charge on any atom is 0.230 e. The zero-order valence-electron chi connectivity index (χ0n) is 14.4. The average molecular weight is 376 g/mol. The van der Waals surface area contributed by atoms with Gasteiger partial charge < -0.3 is 10.1 Å². The number of carbonyl (C=O) groups is 1. The molecule has 1 aliphatic rings. The molecule has 1 aromatic heterocycles. The van der Waals surface area contributed by atoms with Gasteiger partial charge in [-0.2, -0.15) is 0 Å². The first-order valence-corrected chi connectivity index (χ1v) is 9.47. The second-order valence-electron chi connectivity index (χ2n) is 5.94. The van der Waals surface area contributed by atoms with E-state index in [-0.39, 0.29) is 23.6 Å². The zero-order chi connectivity index (χ0) is 18.4. The van der Waals surface area contributed by atoms with Crippen LogP contribution in [-0.4, -0.2) is 45.7 Å². The summed E-state index contributed by atoms with van der Waals surface area (Å²) in [5, 5.41) is 11.9. The molecule has 0 bridgehead atoms. The first-order valence-electron chi connectivity index (χ1n) is 8.48. The van der Waals surface area contributed by atoms with Crippen molar-refractivity contribution in [2.24, 2.45) is 0 Å². The normalized spacial score (nSPS) is 16.6. The lowest BCUT2D eigenvalue weighted by molar-refractivity contribution is -0.119. The monoisotopic (exact) mass is 376 g/mol. The third-order valence-corrected chi connectivity index (χ3v) is 4.98.